The molecule has 0 saturated heterocycles. The Bertz CT molecular complexity index is 1240. The third kappa shape index (κ3) is 10.8. The lowest BCUT2D eigenvalue weighted by molar-refractivity contribution is -0.121. The van der Waals surface area contributed by atoms with Crippen LogP contribution in [0.2, 0.25) is 0 Å². The van der Waals surface area contributed by atoms with Crippen LogP contribution >= 0.6 is 0 Å². The van der Waals surface area contributed by atoms with Gasteiger partial charge in [0.15, 0.2) is 0 Å². The molecule has 7 nitrogen and oxygen atoms in total. The van der Waals surface area contributed by atoms with Gasteiger partial charge >= 0.3 is 11.9 Å². The fraction of sp³-hybridized carbons (Fsp3) is 0.333. The average Bonchev–Trinajstić information content (AvgIpc) is 2.98. The van der Waals surface area contributed by atoms with E-state index in [-0.39, 0.29) is 17.4 Å². The first-order chi connectivity index (χ1) is 19.6. The third-order valence-electron chi connectivity index (χ3n) is 6.32. The molecule has 3 rings (SSSR count). The standard InChI is InChI=1S/C33H38N2O5/c1-2-3-4-5-6-7-8-9-16-21-31(36)35-34-25-28-22-23-29(39-32(37)26-17-12-10-13-18-26)24-30(28)40-33(38)27-19-14-11-15-20-27/h10-15,17-20,22-25H,2-9,16,21H2,1H3,(H,35,36). The molecule has 0 aliphatic carbocycles. The molecule has 40 heavy (non-hydrogen) atoms. The highest BCUT2D eigenvalue weighted by Crippen LogP contribution is 2.26. The van der Waals surface area contributed by atoms with E-state index >= 15 is 0 Å². The minimum atomic E-state index is -0.573. The van der Waals surface area contributed by atoms with Gasteiger partial charge < -0.3 is 9.47 Å². The SMILES string of the molecule is CCCCCCCCCCCC(=O)NN=Cc1ccc(OC(=O)c2ccccc2)cc1OC(=O)c1ccccc1. The molecule has 3 aromatic carbocycles. The highest BCUT2D eigenvalue weighted by molar-refractivity contribution is 5.94. The summed E-state index contributed by atoms with van der Waals surface area (Å²) < 4.78 is 11.1. The molecule has 7 heteroatoms. The average molecular weight is 543 g/mol. The molecule has 0 heterocycles. The minimum absolute atomic E-state index is 0.143. The molecular weight excluding hydrogens is 504 g/mol. The quantitative estimate of drug-likeness (QED) is 0.0665. The summed E-state index contributed by atoms with van der Waals surface area (Å²) in [4.78, 5) is 37.4. The number of amides is 1. The predicted octanol–water partition coefficient (Wildman–Crippen LogP) is 7.50. The predicted molar refractivity (Wildman–Crippen MR) is 157 cm³/mol. The lowest BCUT2D eigenvalue weighted by Crippen LogP contribution is -2.17. The van der Waals surface area contributed by atoms with Crippen LogP contribution in [-0.2, 0) is 4.79 Å². The number of rotatable bonds is 16. The zero-order valence-corrected chi connectivity index (χ0v) is 23.1. The fourth-order valence-electron chi connectivity index (χ4n) is 4.07. The van der Waals surface area contributed by atoms with Gasteiger partial charge in [-0.05, 0) is 42.8 Å². The summed E-state index contributed by atoms with van der Waals surface area (Å²) >= 11 is 0. The van der Waals surface area contributed by atoms with Gasteiger partial charge in [-0.15, -0.1) is 0 Å². The van der Waals surface area contributed by atoms with Crippen LogP contribution in [0, 0.1) is 0 Å². The Labute approximate surface area is 236 Å². The van der Waals surface area contributed by atoms with Crippen molar-refractivity contribution >= 4 is 24.1 Å². The molecule has 0 spiro atoms. The van der Waals surface area contributed by atoms with Crippen molar-refractivity contribution in [2.24, 2.45) is 5.10 Å². The molecule has 3 aromatic rings. The second kappa shape index (κ2) is 17.4. The molecule has 0 fully saturated rings. The summed E-state index contributed by atoms with van der Waals surface area (Å²) in [5.41, 5.74) is 3.74. The number of benzene rings is 3. The number of hydrazone groups is 1. The largest absolute Gasteiger partial charge is 0.423 e. The Kier molecular flexibility index (Phi) is 13.1. The Balaban J connectivity index is 1.57. The van der Waals surface area contributed by atoms with Gasteiger partial charge in [0.05, 0.1) is 17.3 Å². The molecule has 0 saturated carbocycles. The van der Waals surface area contributed by atoms with Crippen LogP contribution in [-0.4, -0.2) is 24.1 Å². The van der Waals surface area contributed by atoms with Gasteiger partial charge in [0.1, 0.15) is 11.5 Å². The number of hydrogen-bond acceptors (Lipinski definition) is 6. The van der Waals surface area contributed by atoms with Gasteiger partial charge in [0, 0.05) is 18.1 Å². The molecule has 1 N–H and O–H groups in total. The van der Waals surface area contributed by atoms with E-state index < -0.39 is 11.9 Å². The lowest BCUT2D eigenvalue weighted by Gasteiger charge is -2.10. The van der Waals surface area contributed by atoms with Crippen molar-refractivity contribution in [3.63, 3.8) is 0 Å². The van der Waals surface area contributed by atoms with Gasteiger partial charge in [0.2, 0.25) is 5.91 Å². The first-order valence-corrected chi connectivity index (χ1v) is 14.1. The summed E-state index contributed by atoms with van der Waals surface area (Å²) in [6, 6.07) is 21.8. The molecule has 1 amide bonds. The van der Waals surface area contributed by atoms with Crippen LogP contribution in [0.3, 0.4) is 0 Å². The van der Waals surface area contributed by atoms with E-state index in [1.807, 2.05) is 0 Å². The Morgan fingerprint density at radius 1 is 0.700 bits per heavy atom. The van der Waals surface area contributed by atoms with E-state index in [2.05, 4.69) is 17.5 Å². The van der Waals surface area contributed by atoms with Crippen molar-refractivity contribution in [2.75, 3.05) is 0 Å². The van der Waals surface area contributed by atoms with Crippen LogP contribution in [0.4, 0.5) is 0 Å². The van der Waals surface area contributed by atoms with Crippen LogP contribution in [0.25, 0.3) is 0 Å². The fourth-order valence-corrected chi connectivity index (χ4v) is 4.07. The highest BCUT2D eigenvalue weighted by atomic mass is 16.5. The number of hydrogen-bond donors (Lipinski definition) is 1. The molecule has 0 unspecified atom stereocenters. The monoisotopic (exact) mass is 542 g/mol. The van der Waals surface area contributed by atoms with E-state index in [1.54, 1.807) is 72.8 Å². The van der Waals surface area contributed by atoms with Crippen LogP contribution < -0.4 is 14.9 Å². The highest BCUT2D eigenvalue weighted by Gasteiger charge is 2.14. The van der Waals surface area contributed by atoms with Gasteiger partial charge in [-0.25, -0.2) is 15.0 Å². The summed E-state index contributed by atoms with van der Waals surface area (Å²) in [5.74, 6) is -0.932. The van der Waals surface area contributed by atoms with Gasteiger partial charge in [-0.1, -0.05) is 94.7 Å². The normalized spacial score (nSPS) is 10.8. The van der Waals surface area contributed by atoms with Crippen molar-refractivity contribution in [1.29, 1.82) is 0 Å². The molecule has 210 valence electrons. The van der Waals surface area contributed by atoms with Crippen molar-refractivity contribution < 1.29 is 23.9 Å². The number of carbonyl (C=O) groups excluding carboxylic acids is 3. The number of nitrogens with zero attached hydrogens (tertiary/aromatic N) is 1. The van der Waals surface area contributed by atoms with Gasteiger partial charge in [-0.2, -0.15) is 5.10 Å². The molecule has 0 aliphatic heterocycles. The minimum Gasteiger partial charge on any atom is -0.423 e. The maximum atomic E-state index is 12.7. The number of carbonyl (C=O) groups is 3. The Morgan fingerprint density at radius 2 is 1.25 bits per heavy atom. The van der Waals surface area contributed by atoms with E-state index in [9.17, 15) is 14.4 Å². The molecular formula is C33H38N2O5. The second-order valence-corrected chi connectivity index (χ2v) is 9.58. The van der Waals surface area contributed by atoms with Crippen molar-refractivity contribution in [3.05, 3.63) is 95.6 Å². The van der Waals surface area contributed by atoms with Gasteiger partial charge in [0.25, 0.3) is 0 Å². The molecule has 0 aliphatic rings. The molecule has 0 radical (unpaired) electrons. The number of ether oxygens (including phenoxy) is 2. The summed E-state index contributed by atoms with van der Waals surface area (Å²) in [5, 5.41) is 4.05. The molecule has 0 aromatic heterocycles. The second-order valence-electron chi connectivity index (χ2n) is 9.58. The number of esters is 2. The van der Waals surface area contributed by atoms with Crippen molar-refractivity contribution in [3.8, 4) is 11.5 Å². The smallest absolute Gasteiger partial charge is 0.343 e. The topological polar surface area (TPSA) is 94.1 Å². The maximum absolute atomic E-state index is 12.7. The van der Waals surface area contributed by atoms with E-state index in [4.69, 9.17) is 9.47 Å². The summed E-state index contributed by atoms with van der Waals surface area (Å²) in [6.07, 6.45) is 12.4. The third-order valence-corrected chi connectivity index (χ3v) is 6.32. The summed E-state index contributed by atoms with van der Waals surface area (Å²) in [7, 11) is 0. The Morgan fingerprint density at radius 3 is 1.85 bits per heavy atom. The van der Waals surface area contributed by atoms with E-state index in [0.717, 1.165) is 19.3 Å². The van der Waals surface area contributed by atoms with Crippen LogP contribution in [0.15, 0.2) is 84.0 Å². The zero-order valence-electron chi connectivity index (χ0n) is 23.1. The Hall–Kier alpha value is -4.26. The van der Waals surface area contributed by atoms with Crippen LogP contribution in [0.5, 0.6) is 11.5 Å². The molecule has 0 atom stereocenters. The lowest BCUT2D eigenvalue weighted by atomic mass is 10.1. The first kappa shape index (κ1) is 30.3. The summed E-state index contributed by atoms with van der Waals surface area (Å²) in [6.45, 7) is 2.22. The number of unbranched alkanes of at least 4 members (excludes halogenated alkanes) is 8. The van der Waals surface area contributed by atoms with E-state index in [1.165, 1.54) is 50.8 Å². The molecule has 0 bridgehead atoms. The van der Waals surface area contributed by atoms with Crippen molar-refractivity contribution in [2.45, 2.75) is 71.1 Å². The number of nitrogens with one attached hydrogen (secondary N) is 1. The van der Waals surface area contributed by atoms with Gasteiger partial charge in [-0.3, -0.25) is 4.79 Å². The zero-order chi connectivity index (χ0) is 28.4. The first-order valence-electron chi connectivity index (χ1n) is 14.1. The van der Waals surface area contributed by atoms with Crippen LogP contribution in [0.1, 0.15) is 97.4 Å². The maximum Gasteiger partial charge on any atom is 0.343 e. The van der Waals surface area contributed by atoms with E-state index in [0.29, 0.717) is 23.1 Å². The van der Waals surface area contributed by atoms with Crippen molar-refractivity contribution in [1.82, 2.24) is 5.43 Å².